The van der Waals surface area contributed by atoms with E-state index >= 15 is 0 Å². The van der Waals surface area contributed by atoms with Crippen molar-refractivity contribution in [2.75, 3.05) is 19.0 Å². The first-order valence-corrected chi connectivity index (χ1v) is 6.74. The van der Waals surface area contributed by atoms with Gasteiger partial charge in [-0.15, -0.1) is 0 Å². The Kier molecular flexibility index (Phi) is 4.18. The minimum Gasteiger partial charge on any atom is -0.378 e. The largest absolute Gasteiger partial charge is 0.378 e. The van der Waals surface area contributed by atoms with Crippen LogP contribution in [0.5, 0.6) is 0 Å². The Balaban J connectivity index is 2.23. The van der Waals surface area contributed by atoms with Crippen LogP contribution in [0.3, 0.4) is 0 Å². The molecular weight excluding hydrogens is 246 g/mol. The summed E-state index contributed by atoms with van der Waals surface area (Å²) in [5, 5.41) is 8.68. The number of azo groups is 1. The molecule has 3 nitrogen and oxygen atoms in total. The summed E-state index contributed by atoms with van der Waals surface area (Å²) >= 11 is 0. The Morgan fingerprint density at radius 1 is 0.750 bits per heavy atom. The maximum absolute atomic E-state index is 4.36. The number of rotatable bonds is 3. The third-order valence-corrected chi connectivity index (χ3v) is 3.45. The predicted molar refractivity (Wildman–Crippen MR) is 85.6 cm³/mol. The molecule has 0 amide bonds. The summed E-state index contributed by atoms with van der Waals surface area (Å²) in [5.41, 5.74) is 6.65. The summed E-state index contributed by atoms with van der Waals surface area (Å²) in [5.74, 6) is 0. The van der Waals surface area contributed by atoms with Crippen LogP contribution in [0.15, 0.2) is 46.6 Å². The molecule has 0 heterocycles. The smallest absolute Gasteiger partial charge is 0.0889 e. The van der Waals surface area contributed by atoms with E-state index in [-0.39, 0.29) is 0 Å². The van der Waals surface area contributed by atoms with E-state index in [2.05, 4.69) is 48.0 Å². The van der Waals surface area contributed by atoms with Gasteiger partial charge < -0.3 is 4.90 Å². The van der Waals surface area contributed by atoms with Crippen molar-refractivity contribution in [2.24, 2.45) is 10.2 Å². The van der Waals surface area contributed by atoms with E-state index in [1.54, 1.807) is 0 Å². The summed E-state index contributed by atoms with van der Waals surface area (Å²) in [6.07, 6.45) is 0. The van der Waals surface area contributed by atoms with E-state index in [4.69, 9.17) is 0 Å². The molecule has 0 N–H and O–H groups in total. The Labute approximate surface area is 121 Å². The third-order valence-electron chi connectivity index (χ3n) is 3.45. The van der Waals surface area contributed by atoms with E-state index in [1.165, 1.54) is 11.1 Å². The normalized spacial score (nSPS) is 11.1. The molecule has 2 aromatic carbocycles. The Bertz CT molecular complexity index is 625. The van der Waals surface area contributed by atoms with Crippen molar-refractivity contribution in [2.45, 2.75) is 20.8 Å². The molecule has 2 aromatic rings. The van der Waals surface area contributed by atoms with Crippen molar-refractivity contribution in [3.05, 3.63) is 53.1 Å². The van der Waals surface area contributed by atoms with E-state index in [1.807, 2.05) is 38.4 Å². The minimum atomic E-state index is 0.869. The standard InChI is InChI=1S/C17H21N3/c1-12-10-14(3)17(11-13(12)2)19-18-15-6-8-16(9-7-15)20(4)5/h6-11H,1-5H3. The summed E-state index contributed by atoms with van der Waals surface area (Å²) in [6.45, 7) is 6.28. The maximum atomic E-state index is 4.36. The van der Waals surface area contributed by atoms with Gasteiger partial charge in [0.15, 0.2) is 0 Å². The molecule has 0 fully saturated rings. The average Bonchev–Trinajstić information content (AvgIpc) is 2.42. The fourth-order valence-electron chi connectivity index (χ4n) is 1.98. The first kappa shape index (κ1) is 14.3. The highest BCUT2D eigenvalue weighted by Crippen LogP contribution is 2.26. The van der Waals surface area contributed by atoms with Crippen molar-refractivity contribution >= 4 is 17.1 Å². The van der Waals surface area contributed by atoms with Crippen molar-refractivity contribution in [1.29, 1.82) is 0 Å². The number of hydrogen-bond acceptors (Lipinski definition) is 3. The highest BCUT2D eigenvalue weighted by Gasteiger charge is 2.01. The van der Waals surface area contributed by atoms with Gasteiger partial charge in [-0.2, -0.15) is 10.2 Å². The lowest BCUT2D eigenvalue weighted by Crippen LogP contribution is -2.07. The molecule has 0 unspecified atom stereocenters. The average molecular weight is 267 g/mol. The number of aryl methyl sites for hydroxylation is 3. The van der Waals surface area contributed by atoms with E-state index in [0.29, 0.717) is 0 Å². The van der Waals surface area contributed by atoms with Gasteiger partial charge in [0.2, 0.25) is 0 Å². The second kappa shape index (κ2) is 5.87. The van der Waals surface area contributed by atoms with Gasteiger partial charge >= 0.3 is 0 Å². The van der Waals surface area contributed by atoms with Crippen LogP contribution in [0.4, 0.5) is 17.1 Å². The summed E-state index contributed by atoms with van der Waals surface area (Å²) in [7, 11) is 4.05. The molecule has 0 spiro atoms. The van der Waals surface area contributed by atoms with Gasteiger partial charge in [-0.1, -0.05) is 6.07 Å². The van der Waals surface area contributed by atoms with Crippen LogP contribution in [0.25, 0.3) is 0 Å². The van der Waals surface area contributed by atoms with E-state index in [9.17, 15) is 0 Å². The molecule has 0 aromatic heterocycles. The van der Waals surface area contributed by atoms with Crippen LogP contribution in [-0.2, 0) is 0 Å². The lowest BCUT2D eigenvalue weighted by molar-refractivity contribution is 1.13. The Morgan fingerprint density at radius 3 is 1.95 bits per heavy atom. The summed E-state index contributed by atoms with van der Waals surface area (Å²) < 4.78 is 0. The molecule has 0 aliphatic rings. The van der Waals surface area contributed by atoms with Gasteiger partial charge in [0.25, 0.3) is 0 Å². The molecule has 20 heavy (non-hydrogen) atoms. The topological polar surface area (TPSA) is 28.0 Å². The highest BCUT2D eigenvalue weighted by atomic mass is 15.1. The molecule has 0 bridgehead atoms. The Morgan fingerprint density at radius 2 is 1.35 bits per heavy atom. The molecule has 104 valence electrons. The van der Waals surface area contributed by atoms with Gasteiger partial charge in [-0.05, 0) is 67.8 Å². The highest BCUT2D eigenvalue weighted by molar-refractivity contribution is 5.53. The van der Waals surface area contributed by atoms with Crippen molar-refractivity contribution in [3.63, 3.8) is 0 Å². The SMILES string of the molecule is Cc1cc(C)c(N=Nc2ccc(N(C)C)cc2)cc1C. The van der Waals surface area contributed by atoms with Gasteiger partial charge in [-0.3, -0.25) is 0 Å². The van der Waals surface area contributed by atoms with Crippen LogP contribution in [0.1, 0.15) is 16.7 Å². The maximum Gasteiger partial charge on any atom is 0.0889 e. The fraction of sp³-hybridized carbons (Fsp3) is 0.294. The number of benzene rings is 2. The van der Waals surface area contributed by atoms with Crippen molar-refractivity contribution in [3.8, 4) is 0 Å². The van der Waals surface area contributed by atoms with Crippen LogP contribution < -0.4 is 4.90 Å². The molecule has 2 rings (SSSR count). The molecule has 0 radical (unpaired) electrons. The monoisotopic (exact) mass is 267 g/mol. The van der Waals surface area contributed by atoms with E-state index < -0.39 is 0 Å². The lowest BCUT2D eigenvalue weighted by atomic mass is 10.1. The number of anilines is 1. The van der Waals surface area contributed by atoms with Crippen LogP contribution in [0, 0.1) is 20.8 Å². The Hall–Kier alpha value is -2.16. The third kappa shape index (κ3) is 3.23. The van der Waals surface area contributed by atoms with E-state index in [0.717, 1.165) is 22.6 Å². The molecule has 3 heteroatoms. The first-order chi connectivity index (χ1) is 9.47. The summed E-state index contributed by atoms with van der Waals surface area (Å²) in [6, 6.07) is 12.3. The zero-order valence-electron chi connectivity index (χ0n) is 12.8. The molecule has 0 aliphatic heterocycles. The molecular formula is C17H21N3. The van der Waals surface area contributed by atoms with Crippen LogP contribution in [0.2, 0.25) is 0 Å². The van der Waals surface area contributed by atoms with Gasteiger partial charge in [0, 0.05) is 19.8 Å². The number of hydrogen-bond donors (Lipinski definition) is 0. The minimum absolute atomic E-state index is 0.869. The van der Waals surface area contributed by atoms with Crippen molar-refractivity contribution < 1.29 is 0 Å². The first-order valence-electron chi connectivity index (χ1n) is 6.74. The predicted octanol–water partition coefficient (Wildman–Crippen LogP) is 5.09. The molecule has 0 aliphatic carbocycles. The van der Waals surface area contributed by atoms with Gasteiger partial charge in [-0.25, -0.2) is 0 Å². The van der Waals surface area contributed by atoms with Gasteiger partial charge in [0.05, 0.1) is 11.4 Å². The molecule has 0 atom stereocenters. The molecule has 0 saturated heterocycles. The number of nitrogens with zero attached hydrogens (tertiary/aromatic N) is 3. The fourth-order valence-corrected chi connectivity index (χ4v) is 1.98. The van der Waals surface area contributed by atoms with Crippen LogP contribution in [-0.4, -0.2) is 14.1 Å². The van der Waals surface area contributed by atoms with Gasteiger partial charge in [0.1, 0.15) is 0 Å². The summed E-state index contributed by atoms with van der Waals surface area (Å²) in [4.78, 5) is 2.06. The quantitative estimate of drug-likeness (QED) is 0.711. The zero-order valence-corrected chi connectivity index (χ0v) is 12.8. The second-order valence-electron chi connectivity index (χ2n) is 5.33. The lowest BCUT2D eigenvalue weighted by Gasteiger charge is -2.11. The zero-order chi connectivity index (χ0) is 14.7. The van der Waals surface area contributed by atoms with Crippen LogP contribution >= 0.6 is 0 Å². The van der Waals surface area contributed by atoms with Crippen molar-refractivity contribution in [1.82, 2.24) is 0 Å². The second-order valence-corrected chi connectivity index (χ2v) is 5.33. The molecule has 0 saturated carbocycles.